The highest BCUT2D eigenvalue weighted by Gasteiger charge is 2.34. The minimum absolute atomic E-state index is 0.0887. The van der Waals surface area contributed by atoms with Gasteiger partial charge in [0.15, 0.2) is 0 Å². The molecule has 2 heterocycles. The van der Waals surface area contributed by atoms with Gasteiger partial charge in [0.1, 0.15) is 6.10 Å². The van der Waals surface area contributed by atoms with Crippen molar-refractivity contribution in [1.82, 2.24) is 0 Å². The Morgan fingerprint density at radius 3 is 2.20 bits per heavy atom. The number of epoxide rings is 2. The summed E-state index contributed by atoms with van der Waals surface area (Å²) in [6.45, 7) is 6.78. The fraction of sp³-hybridized carbons (Fsp3) is 0.727. The number of esters is 1. The van der Waals surface area contributed by atoms with Crippen LogP contribution in [-0.4, -0.2) is 37.5 Å². The lowest BCUT2D eigenvalue weighted by atomic mass is 10.1. The Morgan fingerprint density at radius 1 is 1.40 bits per heavy atom. The maximum atomic E-state index is 11.4. The summed E-state index contributed by atoms with van der Waals surface area (Å²) >= 11 is 0. The van der Waals surface area contributed by atoms with Crippen LogP contribution in [0.1, 0.15) is 19.8 Å². The van der Waals surface area contributed by atoms with Crippen LogP contribution in [0.25, 0.3) is 0 Å². The van der Waals surface area contributed by atoms with Crippen molar-refractivity contribution < 1.29 is 19.0 Å². The smallest absolute Gasteiger partial charge is 0.333 e. The van der Waals surface area contributed by atoms with Crippen molar-refractivity contribution in [3.05, 3.63) is 12.2 Å². The molecule has 0 amide bonds. The number of hydrogen-bond acceptors (Lipinski definition) is 4. The van der Waals surface area contributed by atoms with Gasteiger partial charge in [-0.05, 0) is 6.92 Å². The van der Waals surface area contributed by atoms with Crippen LogP contribution in [0.15, 0.2) is 12.2 Å². The Balaban J connectivity index is 1.79. The minimum Gasteiger partial charge on any atom is -0.459 e. The number of carbonyl (C=O) groups excluding carboxylic acids is 1. The molecule has 0 bridgehead atoms. The van der Waals surface area contributed by atoms with Gasteiger partial charge in [-0.15, -0.1) is 0 Å². The fourth-order valence-electron chi connectivity index (χ4n) is 1.44. The molecule has 2 rings (SSSR count). The van der Waals surface area contributed by atoms with E-state index in [-0.39, 0.29) is 24.3 Å². The lowest BCUT2D eigenvalue weighted by Crippen LogP contribution is -2.22. The second-order valence-corrected chi connectivity index (χ2v) is 4.19. The summed E-state index contributed by atoms with van der Waals surface area (Å²) in [6, 6.07) is 0. The van der Waals surface area contributed by atoms with E-state index in [9.17, 15) is 4.79 Å². The van der Waals surface area contributed by atoms with Crippen LogP contribution in [0.4, 0.5) is 0 Å². The van der Waals surface area contributed by atoms with Crippen molar-refractivity contribution >= 4 is 5.97 Å². The van der Waals surface area contributed by atoms with Crippen molar-refractivity contribution in [2.75, 3.05) is 13.2 Å². The zero-order valence-electron chi connectivity index (χ0n) is 8.90. The molecule has 0 aromatic heterocycles. The van der Waals surface area contributed by atoms with Crippen molar-refractivity contribution in [3.63, 3.8) is 0 Å². The highest BCUT2D eigenvalue weighted by molar-refractivity contribution is 5.87. The van der Waals surface area contributed by atoms with E-state index in [1.165, 1.54) is 0 Å². The highest BCUT2D eigenvalue weighted by Crippen LogP contribution is 2.25. The van der Waals surface area contributed by atoms with E-state index in [4.69, 9.17) is 14.2 Å². The molecule has 0 N–H and O–H groups in total. The van der Waals surface area contributed by atoms with E-state index in [0.29, 0.717) is 5.57 Å². The Hall–Kier alpha value is -0.870. The van der Waals surface area contributed by atoms with Crippen LogP contribution >= 0.6 is 0 Å². The van der Waals surface area contributed by atoms with Gasteiger partial charge in [0.25, 0.3) is 0 Å². The van der Waals surface area contributed by atoms with Gasteiger partial charge < -0.3 is 14.2 Å². The second kappa shape index (κ2) is 4.33. The predicted octanol–water partition coefficient (Wildman–Crippen LogP) is 1.05. The van der Waals surface area contributed by atoms with E-state index < -0.39 is 0 Å². The van der Waals surface area contributed by atoms with Gasteiger partial charge in [0, 0.05) is 18.4 Å². The standard InChI is InChI=1S/C11H16O4/c1-7(2)11(12)15-8(3-9-5-13-9)4-10-6-14-10/h8-10H,1,3-6H2,2H3. The zero-order valence-corrected chi connectivity index (χ0v) is 8.90. The van der Waals surface area contributed by atoms with Gasteiger partial charge in [-0.2, -0.15) is 0 Å². The van der Waals surface area contributed by atoms with Crippen molar-refractivity contribution in [3.8, 4) is 0 Å². The van der Waals surface area contributed by atoms with Crippen LogP contribution < -0.4 is 0 Å². The first-order valence-corrected chi connectivity index (χ1v) is 5.25. The van der Waals surface area contributed by atoms with Crippen LogP contribution in [0.5, 0.6) is 0 Å². The van der Waals surface area contributed by atoms with Crippen molar-refractivity contribution in [2.24, 2.45) is 0 Å². The first-order valence-electron chi connectivity index (χ1n) is 5.25. The van der Waals surface area contributed by atoms with Crippen LogP contribution in [0.3, 0.4) is 0 Å². The van der Waals surface area contributed by atoms with Gasteiger partial charge in [-0.1, -0.05) is 6.58 Å². The maximum absolute atomic E-state index is 11.4. The van der Waals surface area contributed by atoms with Crippen molar-refractivity contribution in [1.29, 1.82) is 0 Å². The number of rotatable bonds is 6. The van der Waals surface area contributed by atoms with E-state index in [1.807, 2.05) is 0 Å². The molecule has 0 aliphatic carbocycles. The Kier molecular flexibility index (Phi) is 3.07. The molecular formula is C11H16O4. The quantitative estimate of drug-likeness (QED) is 0.375. The zero-order chi connectivity index (χ0) is 10.8. The molecule has 0 radical (unpaired) electrons. The predicted molar refractivity (Wildman–Crippen MR) is 53.4 cm³/mol. The Bertz CT molecular complexity index is 252. The average Bonchev–Trinajstić information content (AvgIpc) is 2.98. The third-order valence-corrected chi connectivity index (χ3v) is 2.48. The molecule has 0 aromatic rings. The number of hydrogen-bond donors (Lipinski definition) is 0. The Labute approximate surface area is 89.2 Å². The third-order valence-electron chi connectivity index (χ3n) is 2.48. The summed E-state index contributed by atoms with van der Waals surface area (Å²) in [4.78, 5) is 11.4. The van der Waals surface area contributed by atoms with Gasteiger partial charge in [-0.25, -0.2) is 4.79 Å². The van der Waals surface area contributed by atoms with Crippen LogP contribution in [-0.2, 0) is 19.0 Å². The second-order valence-electron chi connectivity index (χ2n) is 4.19. The molecule has 4 nitrogen and oxygen atoms in total. The summed E-state index contributed by atoms with van der Waals surface area (Å²) < 4.78 is 15.6. The number of carbonyl (C=O) groups is 1. The molecule has 2 aliphatic rings. The molecule has 0 saturated carbocycles. The van der Waals surface area contributed by atoms with Crippen LogP contribution in [0.2, 0.25) is 0 Å². The normalized spacial score (nSPS) is 29.4. The molecular weight excluding hydrogens is 196 g/mol. The lowest BCUT2D eigenvalue weighted by Gasteiger charge is -2.15. The van der Waals surface area contributed by atoms with Crippen molar-refractivity contribution in [2.45, 2.75) is 38.1 Å². The molecule has 4 heteroatoms. The van der Waals surface area contributed by atoms with E-state index in [1.54, 1.807) is 6.92 Å². The van der Waals surface area contributed by atoms with E-state index in [0.717, 1.165) is 26.1 Å². The Morgan fingerprint density at radius 2 is 1.87 bits per heavy atom. The van der Waals surface area contributed by atoms with Gasteiger partial charge in [0.05, 0.1) is 25.4 Å². The van der Waals surface area contributed by atoms with Gasteiger partial charge in [0.2, 0.25) is 0 Å². The largest absolute Gasteiger partial charge is 0.459 e. The summed E-state index contributed by atoms with van der Waals surface area (Å²) in [5.74, 6) is -0.318. The minimum atomic E-state index is -0.318. The SMILES string of the molecule is C=C(C)C(=O)OC(CC1CO1)CC1CO1. The summed E-state index contributed by atoms with van der Waals surface area (Å²) in [5.41, 5.74) is 0.438. The highest BCUT2D eigenvalue weighted by atomic mass is 16.6. The van der Waals surface area contributed by atoms with Gasteiger partial charge >= 0.3 is 5.97 Å². The fourth-order valence-corrected chi connectivity index (χ4v) is 1.44. The van der Waals surface area contributed by atoms with E-state index >= 15 is 0 Å². The summed E-state index contributed by atoms with van der Waals surface area (Å²) in [7, 11) is 0. The molecule has 0 aromatic carbocycles. The molecule has 2 atom stereocenters. The van der Waals surface area contributed by atoms with Gasteiger partial charge in [-0.3, -0.25) is 0 Å². The first kappa shape index (κ1) is 10.6. The maximum Gasteiger partial charge on any atom is 0.333 e. The molecule has 0 spiro atoms. The molecule has 84 valence electrons. The number of ether oxygens (including phenoxy) is 3. The monoisotopic (exact) mass is 212 g/mol. The average molecular weight is 212 g/mol. The topological polar surface area (TPSA) is 51.4 Å². The summed E-state index contributed by atoms with van der Waals surface area (Å²) in [6.07, 6.45) is 2.00. The third kappa shape index (κ3) is 3.64. The van der Waals surface area contributed by atoms with E-state index in [2.05, 4.69) is 6.58 Å². The molecule has 2 fully saturated rings. The summed E-state index contributed by atoms with van der Waals surface area (Å²) in [5, 5.41) is 0. The molecule has 2 aliphatic heterocycles. The molecule has 15 heavy (non-hydrogen) atoms. The first-order chi connectivity index (χ1) is 7.15. The lowest BCUT2D eigenvalue weighted by molar-refractivity contribution is -0.145. The molecule has 2 unspecified atom stereocenters. The molecule has 2 saturated heterocycles. The van der Waals surface area contributed by atoms with Crippen LogP contribution in [0, 0.1) is 0 Å².